The zero-order valence-corrected chi connectivity index (χ0v) is 17.3. The summed E-state index contributed by atoms with van der Waals surface area (Å²) in [5.74, 6) is -0.176. The maximum absolute atomic E-state index is 12.9. The molecule has 3 aromatic rings. The van der Waals surface area contributed by atoms with Crippen LogP contribution >= 0.6 is 11.3 Å². The zero-order valence-electron chi connectivity index (χ0n) is 16.4. The quantitative estimate of drug-likeness (QED) is 0.563. The second-order valence-electron chi connectivity index (χ2n) is 6.75. The minimum Gasteiger partial charge on any atom is -0.334 e. The number of aromatic nitrogens is 2. The Labute approximate surface area is 173 Å². The van der Waals surface area contributed by atoms with Crippen LogP contribution in [0.5, 0.6) is 0 Å². The lowest BCUT2D eigenvalue weighted by Gasteiger charge is -2.20. The van der Waals surface area contributed by atoms with Gasteiger partial charge in [-0.2, -0.15) is 0 Å². The van der Waals surface area contributed by atoms with E-state index in [4.69, 9.17) is 0 Å². The van der Waals surface area contributed by atoms with Crippen molar-refractivity contribution in [3.05, 3.63) is 97.0 Å². The van der Waals surface area contributed by atoms with Crippen molar-refractivity contribution in [3.8, 4) is 0 Å². The van der Waals surface area contributed by atoms with Gasteiger partial charge in [-0.05, 0) is 29.5 Å². The van der Waals surface area contributed by atoms with Crippen molar-refractivity contribution >= 4 is 23.3 Å². The lowest BCUT2D eigenvalue weighted by atomic mass is 10.1. The average molecular weight is 410 g/mol. The van der Waals surface area contributed by atoms with Crippen LogP contribution in [0, 0.1) is 0 Å². The van der Waals surface area contributed by atoms with Crippen LogP contribution in [0.1, 0.15) is 16.0 Å². The molecule has 3 rings (SSSR count). The number of thiophene rings is 1. The number of aryl methyl sites for hydroxylation is 1. The number of rotatable bonds is 7. The Bertz CT molecular complexity index is 1110. The van der Waals surface area contributed by atoms with Crippen molar-refractivity contribution < 1.29 is 4.79 Å². The van der Waals surface area contributed by atoms with Gasteiger partial charge in [0.2, 0.25) is 5.91 Å². The molecule has 2 aromatic heterocycles. The van der Waals surface area contributed by atoms with Crippen molar-refractivity contribution in [3.63, 3.8) is 0 Å². The predicted octanol–water partition coefficient (Wildman–Crippen LogP) is 2.43. The molecular weight excluding hydrogens is 386 g/mol. The molecule has 0 N–H and O–H groups in total. The SMILES string of the molecule is Cn1cc(/C=C/C(=O)N(CCc2ccccc2)Cc2cccs2)c(=O)n(C)c1=O. The fourth-order valence-electron chi connectivity index (χ4n) is 2.98. The first-order chi connectivity index (χ1) is 14.0. The van der Waals surface area contributed by atoms with Crippen molar-refractivity contribution in [2.24, 2.45) is 14.1 Å². The fourth-order valence-corrected chi connectivity index (χ4v) is 3.70. The monoisotopic (exact) mass is 409 g/mol. The Morgan fingerprint density at radius 1 is 1.10 bits per heavy atom. The molecule has 0 aliphatic rings. The molecule has 0 atom stereocenters. The molecule has 0 aliphatic carbocycles. The summed E-state index contributed by atoms with van der Waals surface area (Å²) in [6, 6.07) is 14.0. The summed E-state index contributed by atoms with van der Waals surface area (Å²) < 4.78 is 2.35. The first kappa shape index (κ1) is 20.5. The van der Waals surface area contributed by atoms with Gasteiger partial charge in [-0.1, -0.05) is 36.4 Å². The molecule has 0 aliphatic heterocycles. The van der Waals surface area contributed by atoms with Crippen LogP contribution in [0.15, 0.2) is 69.7 Å². The molecule has 0 fully saturated rings. The molecule has 1 amide bonds. The van der Waals surface area contributed by atoms with Crippen molar-refractivity contribution in [2.45, 2.75) is 13.0 Å². The summed E-state index contributed by atoms with van der Waals surface area (Å²) in [4.78, 5) is 39.8. The topological polar surface area (TPSA) is 64.3 Å². The van der Waals surface area contributed by atoms with Gasteiger partial charge >= 0.3 is 5.69 Å². The normalized spacial score (nSPS) is 11.1. The summed E-state index contributed by atoms with van der Waals surface area (Å²) in [5.41, 5.74) is 0.626. The van der Waals surface area contributed by atoms with E-state index in [0.717, 1.165) is 21.4 Å². The highest BCUT2D eigenvalue weighted by Gasteiger charge is 2.13. The Kier molecular flexibility index (Phi) is 6.61. The molecule has 0 saturated heterocycles. The molecule has 7 heteroatoms. The van der Waals surface area contributed by atoms with E-state index in [1.807, 2.05) is 47.8 Å². The smallest absolute Gasteiger partial charge is 0.330 e. The molecule has 0 unspecified atom stereocenters. The van der Waals surface area contributed by atoms with E-state index in [0.29, 0.717) is 18.7 Å². The lowest BCUT2D eigenvalue weighted by molar-refractivity contribution is -0.126. The molecule has 0 bridgehead atoms. The van der Waals surface area contributed by atoms with E-state index in [1.165, 1.54) is 30.0 Å². The molecular formula is C22H23N3O3S. The number of amides is 1. The summed E-state index contributed by atoms with van der Waals surface area (Å²) in [5, 5.41) is 1.99. The van der Waals surface area contributed by atoms with Crippen molar-refractivity contribution in [1.82, 2.24) is 14.0 Å². The van der Waals surface area contributed by atoms with E-state index in [1.54, 1.807) is 23.3 Å². The standard InChI is InChI=1S/C22H23N3O3S/c1-23-15-18(21(27)24(2)22(23)28)10-11-20(26)25(16-19-9-6-14-29-19)13-12-17-7-4-3-5-8-17/h3-11,14-15H,12-13,16H2,1-2H3/b11-10+. The maximum Gasteiger partial charge on any atom is 0.330 e. The third-order valence-corrected chi connectivity index (χ3v) is 5.49. The number of hydrogen-bond donors (Lipinski definition) is 0. The Hall–Kier alpha value is -3.19. The van der Waals surface area contributed by atoms with E-state index >= 15 is 0 Å². The van der Waals surface area contributed by atoms with Crippen LogP contribution in [-0.2, 0) is 31.9 Å². The van der Waals surface area contributed by atoms with E-state index in [9.17, 15) is 14.4 Å². The molecule has 0 saturated carbocycles. The van der Waals surface area contributed by atoms with Gasteiger partial charge in [0, 0.05) is 37.8 Å². The van der Waals surface area contributed by atoms with Crippen LogP contribution in [-0.4, -0.2) is 26.5 Å². The second-order valence-corrected chi connectivity index (χ2v) is 7.78. The first-order valence-electron chi connectivity index (χ1n) is 9.25. The number of hydrogen-bond acceptors (Lipinski definition) is 4. The molecule has 2 heterocycles. The van der Waals surface area contributed by atoms with E-state index in [-0.39, 0.29) is 5.91 Å². The fraction of sp³-hybridized carbons (Fsp3) is 0.227. The number of carbonyl (C=O) groups is 1. The minimum absolute atomic E-state index is 0.176. The number of carbonyl (C=O) groups excluding carboxylic acids is 1. The highest BCUT2D eigenvalue weighted by atomic mass is 32.1. The molecule has 0 spiro atoms. The maximum atomic E-state index is 12.9. The average Bonchev–Trinajstić information content (AvgIpc) is 3.25. The zero-order chi connectivity index (χ0) is 20.8. The van der Waals surface area contributed by atoms with Crippen LogP contribution in [0.2, 0.25) is 0 Å². The van der Waals surface area contributed by atoms with Gasteiger partial charge in [-0.3, -0.25) is 14.2 Å². The minimum atomic E-state index is -0.425. The molecule has 1 aromatic carbocycles. The highest BCUT2D eigenvalue weighted by molar-refractivity contribution is 7.09. The van der Waals surface area contributed by atoms with Gasteiger partial charge in [0.25, 0.3) is 5.56 Å². The van der Waals surface area contributed by atoms with Gasteiger partial charge in [0.05, 0.1) is 12.1 Å². The van der Waals surface area contributed by atoms with E-state index in [2.05, 4.69) is 0 Å². The van der Waals surface area contributed by atoms with Gasteiger partial charge < -0.3 is 9.47 Å². The van der Waals surface area contributed by atoms with Crippen molar-refractivity contribution in [1.29, 1.82) is 0 Å². The Morgan fingerprint density at radius 3 is 2.55 bits per heavy atom. The molecule has 150 valence electrons. The Morgan fingerprint density at radius 2 is 1.86 bits per heavy atom. The van der Waals surface area contributed by atoms with E-state index < -0.39 is 11.2 Å². The predicted molar refractivity (Wildman–Crippen MR) is 116 cm³/mol. The number of nitrogens with zero attached hydrogens (tertiary/aromatic N) is 3. The summed E-state index contributed by atoms with van der Waals surface area (Å²) in [6.45, 7) is 1.08. The molecule has 0 radical (unpaired) electrons. The third-order valence-electron chi connectivity index (χ3n) is 4.63. The number of benzene rings is 1. The second kappa shape index (κ2) is 9.34. The molecule has 29 heavy (non-hydrogen) atoms. The third kappa shape index (κ3) is 5.20. The van der Waals surface area contributed by atoms with Crippen LogP contribution in [0.3, 0.4) is 0 Å². The highest BCUT2D eigenvalue weighted by Crippen LogP contribution is 2.13. The summed E-state index contributed by atoms with van der Waals surface area (Å²) in [7, 11) is 3.00. The summed E-state index contributed by atoms with van der Waals surface area (Å²) >= 11 is 1.60. The summed E-state index contributed by atoms with van der Waals surface area (Å²) in [6.07, 6.45) is 5.07. The van der Waals surface area contributed by atoms with Crippen LogP contribution < -0.4 is 11.2 Å². The van der Waals surface area contributed by atoms with Gasteiger partial charge in [0.15, 0.2) is 0 Å². The molecule has 6 nitrogen and oxygen atoms in total. The largest absolute Gasteiger partial charge is 0.334 e. The van der Waals surface area contributed by atoms with Gasteiger partial charge in [-0.15, -0.1) is 11.3 Å². The van der Waals surface area contributed by atoms with Crippen LogP contribution in [0.25, 0.3) is 6.08 Å². The lowest BCUT2D eigenvalue weighted by Crippen LogP contribution is -2.37. The van der Waals surface area contributed by atoms with Gasteiger partial charge in [0.1, 0.15) is 0 Å². The van der Waals surface area contributed by atoms with Crippen LogP contribution in [0.4, 0.5) is 0 Å². The Balaban J connectivity index is 1.79. The van der Waals surface area contributed by atoms with Crippen molar-refractivity contribution in [2.75, 3.05) is 6.54 Å². The first-order valence-corrected chi connectivity index (χ1v) is 10.1. The van der Waals surface area contributed by atoms with Gasteiger partial charge in [-0.25, -0.2) is 4.79 Å².